The first kappa shape index (κ1) is 9.88. The van der Waals surface area contributed by atoms with Crippen molar-refractivity contribution in [3.8, 4) is 0 Å². The molecule has 1 radical (unpaired) electrons. The van der Waals surface area contributed by atoms with Gasteiger partial charge >= 0.3 is 0 Å². The Bertz CT molecular complexity index is 76.9. The van der Waals surface area contributed by atoms with E-state index in [1.165, 1.54) is 0 Å². The van der Waals surface area contributed by atoms with Crippen LogP contribution < -0.4 is 0 Å². The van der Waals surface area contributed by atoms with E-state index in [2.05, 4.69) is 6.92 Å². The highest BCUT2D eigenvalue weighted by atomic mass is 16.3. The zero-order valence-corrected chi connectivity index (χ0v) is 6.08. The molecule has 0 aliphatic carbocycles. The lowest BCUT2D eigenvalue weighted by molar-refractivity contribution is 0.0991. The number of hydrogen-bond donors (Lipinski definition) is 3. The van der Waals surface area contributed by atoms with Gasteiger partial charge in [0, 0.05) is 19.8 Å². The van der Waals surface area contributed by atoms with Crippen LogP contribution in [0.3, 0.4) is 0 Å². The van der Waals surface area contributed by atoms with Gasteiger partial charge in [0.15, 0.2) is 0 Å². The summed E-state index contributed by atoms with van der Waals surface area (Å²) >= 11 is 0. The van der Waals surface area contributed by atoms with E-state index in [1.54, 1.807) is 0 Å². The van der Waals surface area contributed by atoms with E-state index < -0.39 is 5.41 Å². The maximum absolute atomic E-state index is 8.76. The third-order valence-corrected chi connectivity index (χ3v) is 1.62. The molecule has 0 aliphatic rings. The summed E-state index contributed by atoms with van der Waals surface area (Å²) in [6.07, 6.45) is 0.869. The number of hydrogen-bond acceptors (Lipinski definition) is 3. The van der Waals surface area contributed by atoms with E-state index in [-0.39, 0.29) is 19.8 Å². The fraction of sp³-hybridized carbons (Fsp3) is 0.857. The third kappa shape index (κ3) is 3.15. The highest BCUT2D eigenvalue weighted by molar-refractivity contribution is 4.80. The van der Waals surface area contributed by atoms with Crippen LogP contribution in [0.1, 0.15) is 12.8 Å². The van der Waals surface area contributed by atoms with Gasteiger partial charge in [-0.15, -0.1) is 0 Å². The normalized spacial score (nSPS) is 12.0. The Hall–Kier alpha value is -0.120. The highest BCUT2D eigenvalue weighted by Gasteiger charge is 2.21. The summed E-state index contributed by atoms with van der Waals surface area (Å²) in [5.41, 5.74) is -0.552. The largest absolute Gasteiger partial charge is 0.396 e. The summed E-state index contributed by atoms with van der Waals surface area (Å²) < 4.78 is 0. The Morgan fingerprint density at radius 2 is 1.40 bits per heavy atom. The molecular weight excluding hydrogens is 132 g/mol. The third-order valence-electron chi connectivity index (χ3n) is 1.62. The maximum Gasteiger partial charge on any atom is 0.0489 e. The summed E-state index contributed by atoms with van der Waals surface area (Å²) in [6, 6.07) is 0. The van der Waals surface area contributed by atoms with Crippen molar-refractivity contribution in [2.45, 2.75) is 12.8 Å². The average molecular weight is 147 g/mol. The summed E-state index contributed by atoms with van der Waals surface area (Å²) in [4.78, 5) is 0. The van der Waals surface area contributed by atoms with Crippen molar-refractivity contribution in [3.63, 3.8) is 0 Å². The Labute approximate surface area is 61.3 Å². The van der Waals surface area contributed by atoms with E-state index in [0.29, 0.717) is 12.8 Å². The molecule has 0 atom stereocenters. The number of aliphatic hydroxyl groups is 3. The fourth-order valence-electron chi connectivity index (χ4n) is 0.757. The summed E-state index contributed by atoms with van der Waals surface area (Å²) in [5, 5.41) is 25.8. The second-order valence-electron chi connectivity index (χ2n) is 2.61. The first-order valence-corrected chi connectivity index (χ1v) is 3.36. The van der Waals surface area contributed by atoms with Crippen LogP contribution in [0.4, 0.5) is 0 Å². The minimum absolute atomic E-state index is 0.00403. The minimum Gasteiger partial charge on any atom is -0.396 e. The van der Waals surface area contributed by atoms with Crippen molar-refractivity contribution in [1.29, 1.82) is 0 Å². The molecule has 0 bridgehead atoms. The van der Waals surface area contributed by atoms with Gasteiger partial charge in [-0.1, -0.05) is 0 Å². The smallest absolute Gasteiger partial charge is 0.0489 e. The van der Waals surface area contributed by atoms with Gasteiger partial charge in [-0.05, 0) is 25.2 Å². The van der Waals surface area contributed by atoms with Crippen LogP contribution in [-0.4, -0.2) is 35.1 Å². The molecule has 0 heterocycles. The van der Waals surface area contributed by atoms with Crippen LogP contribution in [-0.2, 0) is 0 Å². The second kappa shape index (κ2) is 4.66. The molecule has 0 saturated carbocycles. The molecule has 0 unspecified atom stereocenters. The Kier molecular flexibility index (Phi) is 4.60. The van der Waals surface area contributed by atoms with Crippen molar-refractivity contribution >= 4 is 0 Å². The fourth-order valence-corrected chi connectivity index (χ4v) is 0.757. The predicted molar refractivity (Wildman–Crippen MR) is 38.3 cm³/mol. The molecule has 0 aromatic rings. The van der Waals surface area contributed by atoms with E-state index >= 15 is 0 Å². The Morgan fingerprint density at radius 3 is 1.60 bits per heavy atom. The lowest BCUT2D eigenvalue weighted by Gasteiger charge is -2.24. The van der Waals surface area contributed by atoms with Crippen molar-refractivity contribution in [3.05, 3.63) is 6.92 Å². The van der Waals surface area contributed by atoms with E-state index in [1.807, 2.05) is 0 Å². The van der Waals surface area contributed by atoms with E-state index in [9.17, 15) is 0 Å². The van der Waals surface area contributed by atoms with Crippen LogP contribution in [0.5, 0.6) is 0 Å². The molecule has 0 fully saturated rings. The van der Waals surface area contributed by atoms with E-state index in [0.717, 1.165) is 0 Å². The quantitative estimate of drug-likeness (QED) is 0.494. The second-order valence-corrected chi connectivity index (χ2v) is 2.61. The van der Waals surface area contributed by atoms with Gasteiger partial charge in [0.25, 0.3) is 0 Å². The van der Waals surface area contributed by atoms with Crippen LogP contribution in [0, 0.1) is 12.3 Å². The first-order valence-electron chi connectivity index (χ1n) is 3.36. The van der Waals surface area contributed by atoms with Gasteiger partial charge in [0.2, 0.25) is 0 Å². The van der Waals surface area contributed by atoms with Gasteiger partial charge < -0.3 is 15.3 Å². The highest BCUT2D eigenvalue weighted by Crippen LogP contribution is 2.23. The van der Waals surface area contributed by atoms with Crippen LogP contribution >= 0.6 is 0 Å². The van der Waals surface area contributed by atoms with Gasteiger partial charge in [0.1, 0.15) is 0 Å². The zero-order valence-electron chi connectivity index (χ0n) is 6.08. The van der Waals surface area contributed by atoms with Gasteiger partial charge in [-0.25, -0.2) is 0 Å². The molecule has 0 aromatic heterocycles. The number of rotatable bonds is 5. The van der Waals surface area contributed by atoms with Crippen LogP contribution in [0.25, 0.3) is 0 Å². The molecule has 61 valence electrons. The SMILES string of the molecule is [CH2]C(CO)(CCO)CCO. The number of aliphatic hydroxyl groups excluding tert-OH is 3. The minimum atomic E-state index is -0.552. The molecule has 0 amide bonds. The molecule has 10 heavy (non-hydrogen) atoms. The van der Waals surface area contributed by atoms with Crippen molar-refractivity contribution in [2.75, 3.05) is 19.8 Å². The predicted octanol–water partition coefficient (Wildman–Crippen LogP) is -0.436. The van der Waals surface area contributed by atoms with Crippen molar-refractivity contribution in [2.24, 2.45) is 5.41 Å². The van der Waals surface area contributed by atoms with Gasteiger partial charge in [-0.2, -0.15) is 0 Å². The summed E-state index contributed by atoms with van der Waals surface area (Å²) in [7, 11) is 0. The molecule has 0 rings (SSSR count). The van der Waals surface area contributed by atoms with Gasteiger partial charge in [0.05, 0.1) is 0 Å². The zero-order chi connectivity index (χ0) is 8.04. The standard InChI is InChI=1S/C7H15O3/c1-7(6-10,2-4-8)3-5-9/h8-10H,1-6H2. The summed E-state index contributed by atoms with van der Waals surface area (Å²) in [5.74, 6) is 0. The molecule has 0 aromatic carbocycles. The van der Waals surface area contributed by atoms with Crippen molar-refractivity contribution in [1.82, 2.24) is 0 Å². The topological polar surface area (TPSA) is 60.7 Å². The molecule has 0 saturated heterocycles. The first-order chi connectivity index (χ1) is 4.68. The Morgan fingerprint density at radius 1 is 1.00 bits per heavy atom. The molecular formula is C7H15O3. The van der Waals surface area contributed by atoms with Gasteiger partial charge in [-0.3, -0.25) is 0 Å². The van der Waals surface area contributed by atoms with Crippen molar-refractivity contribution < 1.29 is 15.3 Å². The molecule has 3 N–H and O–H groups in total. The molecule has 0 aliphatic heterocycles. The monoisotopic (exact) mass is 147 g/mol. The molecule has 0 spiro atoms. The lowest BCUT2D eigenvalue weighted by atomic mass is 9.85. The van der Waals surface area contributed by atoms with Crippen LogP contribution in [0.2, 0.25) is 0 Å². The molecule has 3 heteroatoms. The maximum atomic E-state index is 8.76. The lowest BCUT2D eigenvalue weighted by Crippen LogP contribution is -2.24. The molecule has 3 nitrogen and oxygen atoms in total. The average Bonchev–Trinajstić information content (AvgIpc) is 1.89. The summed E-state index contributed by atoms with van der Waals surface area (Å²) in [6.45, 7) is 3.62. The van der Waals surface area contributed by atoms with Crippen LogP contribution in [0.15, 0.2) is 0 Å². The Balaban J connectivity index is 3.69. The van der Waals surface area contributed by atoms with E-state index in [4.69, 9.17) is 15.3 Å².